The Morgan fingerprint density at radius 3 is 2.36 bits per heavy atom. The first kappa shape index (κ1) is 18.7. The Morgan fingerprint density at radius 1 is 1.09 bits per heavy atom. The van der Waals surface area contributed by atoms with Gasteiger partial charge in [0.15, 0.2) is 0 Å². The van der Waals surface area contributed by atoms with Crippen LogP contribution >= 0.6 is 0 Å². The summed E-state index contributed by atoms with van der Waals surface area (Å²) < 4.78 is 5.50. The Morgan fingerprint density at radius 2 is 1.77 bits per heavy atom. The van der Waals surface area contributed by atoms with Gasteiger partial charge in [-0.1, -0.05) is 13.8 Å². The Hall–Kier alpha value is -1.30. The Balaban J connectivity index is 2.42. The van der Waals surface area contributed by atoms with Gasteiger partial charge in [-0.15, -0.1) is 0 Å². The van der Waals surface area contributed by atoms with Crippen LogP contribution in [0.3, 0.4) is 0 Å². The summed E-state index contributed by atoms with van der Waals surface area (Å²) in [7, 11) is 3.53. The molecule has 128 valence electrons. The molecule has 0 spiro atoms. The fraction of sp³-hybridized carbons (Fsp3) is 0.875. The molecule has 0 saturated carbocycles. The van der Waals surface area contributed by atoms with E-state index in [-0.39, 0.29) is 18.1 Å². The van der Waals surface area contributed by atoms with E-state index in [1.54, 1.807) is 23.9 Å². The summed E-state index contributed by atoms with van der Waals surface area (Å²) in [4.78, 5) is 29.4. The third-order valence-electron chi connectivity index (χ3n) is 3.81. The van der Waals surface area contributed by atoms with E-state index in [0.29, 0.717) is 32.1 Å². The van der Waals surface area contributed by atoms with Gasteiger partial charge in [-0.05, 0) is 25.7 Å². The summed E-state index contributed by atoms with van der Waals surface area (Å²) in [5.74, 6) is 0.612. The van der Waals surface area contributed by atoms with Gasteiger partial charge in [0.05, 0.1) is 6.54 Å². The smallest absolute Gasteiger partial charge is 0.410 e. The zero-order valence-corrected chi connectivity index (χ0v) is 14.7. The number of likely N-dealkylation sites (N-methyl/N-ethyl adjacent to an activating group) is 1. The van der Waals surface area contributed by atoms with Crippen molar-refractivity contribution in [3.8, 4) is 0 Å². The molecule has 0 N–H and O–H groups in total. The molecule has 0 bridgehead atoms. The highest BCUT2D eigenvalue weighted by Gasteiger charge is 2.23. The predicted octanol–water partition coefficient (Wildman–Crippen LogP) is 1.65. The van der Waals surface area contributed by atoms with Gasteiger partial charge in [0.1, 0.15) is 6.10 Å². The largest absolute Gasteiger partial charge is 0.446 e. The zero-order valence-electron chi connectivity index (χ0n) is 14.7. The fourth-order valence-electron chi connectivity index (χ4n) is 2.60. The summed E-state index contributed by atoms with van der Waals surface area (Å²) in [5.41, 5.74) is 0. The van der Waals surface area contributed by atoms with Crippen molar-refractivity contribution in [1.29, 1.82) is 0 Å². The van der Waals surface area contributed by atoms with Gasteiger partial charge in [-0.3, -0.25) is 9.69 Å². The quantitative estimate of drug-likeness (QED) is 0.774. The molecule has 0 aromatic heterocycles. The van der Waals surface area contributed by atoms with E-state index in [1.165, 1.54) is 0 Å². The molecular formula is C16H31N3O3. The summed E-state index contributed by atoms with van der Waals surface area (Å²) in [6.45, 7) is 9.47. The topological polar surface area (TPSA) is 53.1 Å². The number of amides is 2. The standard InChI is InChI=1S/C16H31N3O3/c1-13(2)11-14(3)22-16(21)19-8-6-7-18(9-10-19)12-15(20)17(4)5/h13-14H,6-12H2,1-5H3. The minimum Gasteiger partial charge on any atom is -0.446 e. The van der Waals surface area contributed by atoms with Crippen LogP contribution in [-0.4, -0.2) is 79.6 Å². The molecule has 1 fully saturated rings. The van der Waals surface area contributed by atoms with Crippen LogP contribution in [0.4, 0.5) is 4.79 Å². The van der Waals surface area contributed by atoms with Crippen LogP contribution in [0.2, 0.25) is 0 Å². The molecule has 0 radical (unpaired) electrons. The molecule has 6 heteroatoms. The highest BCUT2D eigenvalue weighted by molar-refractivity contribution is 5.77. The van der Waals surface area contributed by atoms with Crippen molar-refractivity contribution >= 4 is 12.0 Å². The normalized spacial score (nSPS) is 18.0. The van der Waals surface area contributed by atoms with E-state index in [4.69, 9.17) is 4.74 Å². The maximum absolute atomic E-state index is 12.2. The third-order valence-corrected chi connectivity index (χ3v) is 3.81. The second kappa shape index (κ2) is 8.98. The average molecular weight is 313 g/mol. The summed E-state index contributed by atoms with van der Waals surface area (Å²) >= 11 is 0. The van der Waals surface area contributed by atoms with Crippen LogP contribution in [0.25, 0.3) is 0 Å². The van der Waals surface area contributed by atoms with Crippen molar-refractivity contribution in [3.63, 3.8) is 0 Å². The molecule has 1 unspecified atom stereocenters. The second-order valence-corrected chi connectivity index (χ2v) is 6.73. The van der Waals surface area contributed by atoms with E-state index in [0.717, 1.165) is 19.4 Å². The maximum Gasteiger partial charge on any atom is 0.410 e. The molecule has 0 aliphatic carbocycles. The maximum atomic E-state index is 12.2. The Labute approximate surface area is 134 Å². The molecule has 2 amide bonds. The lowest BCUT2D eigenvalue weighted by Gasteiger charge is -2.24. The van der Waals surface area contributed by atoms with Crippen LogP contribution in [0.1, 0.15) is 33.6 Å². The van der Waals surface area contributed by atoms with E-state index < -0.39 is 0 Å². The zero-order chi connectivity index (χ0) is 16.7. The van der Waals surface area contributed by atoms with Gasteiger partial charge in [0.2, 0.25) is 5.91 Å². The molecule has 22 heavy (non-hydrogen) atoms. The van der Waals surface area contributed by atoms with Crippen molar-refractivity contribution < 1.29 is 14.3 Å². The fourth-order valence-corrected chi connectivity index (χ4v) is 2.60. The van der Waals surface area contributed by atoms with Gasteiger partial charge >= 0.3 is 6.09 Å². The number of nitrogens with zero attached hydrogens (tertiary/aromatic N) is 3. The second-order valence-electron chi connectivity index (χ2n) is 6.73. The number of carbonyl (C=O) groups is 2. The van der Waals surface area contributed by atoms with Crippen LogP contribution in [0.5, 0.6) is 0 Å². The van der Waals surface area contributed by atoms with Gasteiger partial charge in [-0.2, -0.15) is 0 Å². The van der Waals surface area contributed by atoms with Crippen LogP contribution in [0, 0.1) is 5.92 Å². The molecule has 1 rings (SSSR count). The highest BCUT2D eigenvalue weighted by Crippen LogP contribution is 2.11. The number of hydrogen-bond donors (Lipinski definition) is 0. The summed E-state index contributed by atoms with van der Waals surface area (Å²) in [6, 6.07) is 0. The number of carbonyl (C=O) groups excluding carboxylic acids is 2. The molecule has 1 atom stereocenters. The Kier molecular flexibility index (Phi) is 7.65. The van der Waals surface area contributed by atoms with Gasteiger partial charge in [-0.25, -0.2) is 4.79 Å². The molecule has 0 aromatic rings. The first-order chi connectivity index (χ1) is 10.3. The molecule has 0 aromatic carbocycles. The predicted molar refractivity (Wildman–Crippen MR) is 86.7 cm³/mol. The molecule has 1 saturated heterocycles. The SMILES string of the molecule is CC(C)CC(C)OC(=O)N1CCCN(CC(=O)N(C)C)CC1. The van der Waals surface area contributed by atoms with Crippen LogP contribution in [-0.2, 0) is 9.53 Å². The number of rotatable bonds is 5. The van der Waals surface area contributed by atoms with Gasteiger partial charge in [0, 0.05) is 40.3 Å². The summed E-state index contributed by atoms with van der Waals surface area (Å²) in [6.07, 6.45) is 1.47. The van der Waals surface area contributed by atoms with Crippen LogP contribution in [0.15, 0.2) is 0 Å². The number of hydrogen-bond acceptors (Lipinski definition) is 4. The molecule has 1 heterocycles. The first-order valence-electron chi connectivity index (χ1n) is 8.17. The summed E-state index contributed by atoms with van der Waals surface area (Å²) in [5, 5.41) is 0. The lowest BCUT2D eigenvalue weighted by molar-refractivity contribution is -0.129. The third kappa shape index (κ3) is 6.64. The molecular weight excluding hydrogens is 282 g/mol. The van der Waals surface area contributed by atoms with Crippen molar-refractivity contribution in [2.75, 3.05) is 46.8 Å². The first-order valence-corrected chi connectivity index (χ1v) is 8.17. The molecule has 1 aliphatic heterocycles. The minimum absolute atomic E-state index is 0.0535. The molecule has 6 nitrogen and oxygen atoms in total. The molecule has 1 aliphatic rings. The van der Waals surface area contributed by atoms with E-state index in [1.807, 2.05) is 6.92 Å². The highest BCUT2D eigenvalue weighted by atomic mass is 16.6. The van der Waals surface area contributed by atoms with E-state index >= 15 is 0 Å². The van der Waals surface area contributed by atoms with E-state index in [2.05, 4.69) is 18.7 Å². The number of ether oxygens (including phenoxy) is 1. The van der Waals surface area contributed by atoms with Crippen molar-refractivity contribution in [3.05, 3.63) is 0 Å². The van der Waals surface area contributed by atoms with Gasteiger partial charge < -0.3 is 14.5 Å². The Bertz CT molecular complexity index is 372. The van der Waals surface area contributed by atoms with Crippen molar-refractivity contribution in [1.82, 2.24) is 14.7 Å². The van der Waals surface area contributed by atoms with Crippen molar-refractivity contribution in [2.24, 2.45) is 5.92 Å². The van der Waals surface area contributed by atoms with Gasteiger partial charge in [0.25, 0.3) is 0 Å². The van der Waals surface area contributed by atoms with Crippen LogP contribution < -0.4 is 0 Å². The lowest BCUT2D eigenvalue weighted by atomic mass is 10.1. The monoisotopic (exact) mass is 313 g/mol. The van der Waals surface area contributed by atoms with Crippen molar-refractivity contribution in [2.45, 2.75) is 39.7 Å². The van der Waals surface area contributed by atoms with E-state index in [9.17, 15) is 9.59 Å². The minimum atomic E-state index is -0.228. The average Bonchev–Trinajstić information content (AvgIpc) is 2.63. The lowest BCUT2D eigenvalue weighted by Crippen LogP contribution is -2.40.